The molecular formula is C18H26F2N2O4. The number of morpholine rings is 1. The van der Waals surface area contributed by atoms with Crippen LogP contribution in [0.15, 0.2) is 12.1 Å². The maximum absolute atomic E-state index is 12.5. The Morgan fingerprint density at radius 2 is 2.08 bits per heavy atom. The lowest BCUT2D eigenvalue weighted by Gasteiger charge is -2.34. The van der Waals surface area contributed by atoms with Crippen LogP contribution in [-0.4, -0.2) is 73.4 Å². The molecule has 1 aromatic carbocycles. The van der Waals surface area contributed by atoms with E-state index in [-0.39, 0.29) is 18.4 Å². The Kier molecular flexibility index (Phi) is 7.31. The minimum atomic E-state index is -2.83. The van der Waals surface area contributed by atoms with E-state index in [2.05, 4.69) is 9.64 Å². The summed E-state index contributed by atoms with van der Waals surface area (Å²) in [4.78, 5) is 14.7. The van der Waals surface area contributed by atoms with Gasteiger partial charge in [0.05, 0.1) is 19.3 Å². The van der Waals surface area contributed by atoms with Gasteiger partial charge in [0.1, 0.15) is 5.75 Å². The predicted octanol–water partition coefficient (Wildman–Crippen LogP) is 2.12. The quantitative estimate of drug-likeness (QED) is 0.754. The zero-order valence-electron chi connectivity index (χ0n) is 15.4. The Morgan fingerprint density at radius 1 is 1.42 bits per heavy atom. The number of carboxylic acids is 1. The topological polar surface area (TPSA) is 62.2 Å². The van der Waals surface area contributed by atoms with E-state index in [0.29, 0.717) is 37.4 Å². The zero-order valence-corrected chi connectivity index (χ0v) is 15.4. The minimum Gasteiger partial charge on any atom is -0.480 e. The van der Waals surface area contributed by atoms with Crippen LogP contribution in [0.1, 0.15) is 16.7 Å². The molecule has 0 saturated carbocycles. The number of carbonyl (C=O) groups is 1. The number of hydrogen-bond acceptors (Lipinski definition) is 5. The van der Waals surface area contributed by atoms with Crippen molar-refractivity contribution in [3.63, 3.8) is 0 Å². The van der Waals surface area contributed by atoms with E-state index in [9.17, 15) is 13.6 Å². The van der Waals surface area contributed by atoms with Crippen LogP contribution in [0, 0.1) is 13.8 Å². The summed E-state index contributed by atoms with van der Waals surface area (Å²) in [5, 5.41) is 8.84. The van der Waals surface area contributed by atoms with E-state index in [1.807, 2.05) is 12.1 Å². The van der Waals surface area contributed by atoms with Crippen molar-refractivity contribution in [1.29, 1.82) is 0 Å². The molecule has 8 heteroatoms. The highest BCUT2D eigenvalue weighted by Gasteiger charge is 2.23. The van der Waals surface area contributed by atoms with Crippen molar-refractivity contribution in [2.45, 2.75) is 33.1 Å². The van der Waals surface area contributed by atoms with Crippen LogP contribution in [0.3, 0.4) is 0 Å². The van der Waals surface area contributed by atoms with Crippen LogP contribution in [-0.2, 0) is 16.1 Å². The Labute approximate surface area is 152 Å². The smallest absolute Gasteiger partial charge is 0.387 e. The molecule has 0 aliphatic carbocycles. The van der Waals surface area contributed by atoms with Crippen LogP contribution < -0.4 is 4.74 Å². The van der Waals surface area contributed by atoms with Crippen molar-refractivity contribution in [2.75, 3.05) is 39.8 Å². The second-order valence-corrected chi connectivity index (χ2v) is 6.76. The van der Waals surface area contributed by atoms with Crippen LogP contribution >= 0.6 is 0 Å². The molecule has 0 bridgehead atoms. The fraction of sp³-hybridized carbons (Fsp3) is 0.611. The van der Waals surface area contributed by atoms with Gasteiger partial charge in [-0.15, -0.1) is 0 Å². The van der Waals surface area contributed by atoms with Gasteiger partial charge in [0.15, 0.2) is 0 Å². The van der Waals surface area contributed by atoms with Gasteiger partial charge in [-0.25, -0.2) is 0 Å². The average Bonchev–Trinajstić information content (AvgIpc) is 2.50. The highest BCUT2D eigenvalue weighted by atomic mass is 19.3. The molecule has 1 unspecified atom stereocenters. The summed E-state index contributed by atoms with van der Waals surface area (Å²) in [7, 11) is 1.75. The van der Waals surface area contributed by atoms with Crippen molar-refractivity contribution >= 4 is 5.97 Å². The highest BCUT2D eigenvalue weighted by molar-refractivity contribution is 5.69. The summed E-state index contributed by atoms with van der Waals surface area (Å²) in [6, 6.07) is 3.73. The van der Waals surface area contributed by atoms with Crippen molar-refractivity contribution < 1.29 is 28.2 Å². The molecule has 6 nitrogen and oxygen atoms in total. The van der Waals surface area contributed by atoms with E-state index in [1.54, 1.807) is 25.8 Å². The van der Waals surface area contributed by atoms with E-state index in [0.717, 1.165) is 12.1 Å². The van der Waals surface area contributed by atoms with Crippen molar-refractivity contribution in [1.82, 2.24) is 9.80 Å². The molecule has 1 saturated heterocycles. The summed E-state index contributed by atoms with van der Waals surface area (Å²) in [6.07, 6.45) is -0.0586. The van der Waals surface area contributed by atoms with E-state index in [4.69, 9.17) is 9.84 Å². The first-order valence-electron chi connectivity index (χ1n) is 8.54. The number of nitrogens with zero attached hydrogens (tertiary/aromatic N) is 2. The number of aryl methyl sites for hydroxylation is 2. The number of alkyl halides is 2. The van der Waals surface area contributed by atoms with Gasteiger partial charge in [-0.1, -0.05) is 12.1 Å². The predicted molar refractivity (Wildman–Crippen MR) is 92.7 cm³/mol. The third kappa shape index (κ3) is 6.19. The fourth-order valence-corrected chi connectivity index (χ4v) is 3.34. The van der Waals surface area contributed by atoms with Gasteiger partial charge < -0.3 is 14.6 Å². The second kappa shape index (κ2) is 9.25. The van der Waals surface area contributed by atoms with Crippen molar-refractivity contribution in [3.05, 3.63) is 28.8 Å². The first-order valence-corrected chi connectivity index (χ1v) is 8.54. The molecular weight excluding hydrogens is 346 g/mol. The third-order valence-electron chi connectivity index (χ3n) is 4.28. The van der Waals surface area contributed by atoms with Crippen LogP contribution in [0.4, 0.5) is 8.78 Å². The summed E-state index contributed by atoms with van der Waals surface area (Å²) in [6.45, 7) is 3.93. The number of rotatable bonds is 8. The zero-order chi connectivity index (χ0) is 19.3. The fourth-order valence-electron chi connectivity index (χ4n) is 3.34. The number of ether oxygens (including phenoxy) is 2. The Balaban J connectivity index is 1.96. The lowest BCUT2D eigenvalue weighted by atomic mass is 10.0. The molecule has 0 aromatic heterocycles. The van der Waals surface area contributed by atoms with Crippen LogP contribution in [0.25, 0.3) is 0 Å². The standard InChI is InChI=1S/C18H26F2N2O4/c1-12-6-14(7-13(2)17(12)26-18(19)20)8-22-4-5-25-15(10-22)9-21(3)11-16(23)24/h6-7,15,18H,4-5,8-11H2,1-3H3,(H,23,24). The molecule has 1 aliphatic heterocycles. The SMILES string of the molecule is Cc1cc(CN2CCOC(CN(C)CC(=O)O)C2)cc(C)c1OC(F)F. The summed E-state index contributed by atoms with van der Waals surface area (Å²) in [5.41, 5.74) is 2.40. The normalized spacial score (nSPS) is 18.5. The first kappa shape index (κ1) is 20.5. The lowest BCUT2D eigenvalue weighted by molar-refractivity contribution is -0.138. The molecule has 0 spiro atoms. The molecule has 1 fully saturated rings. The molecule has 2 rings (SSSR count). The molecule has 1 atom stereocenters. The first-order chi connectivity index (χ1) is 12.2. The Morgan fingerprint density at radius 3 is 2.65 bits per heavy atom. The number of likely N-dealkylation sites (N-methyl/N-ethyl adjacent to an activating group) is 1. The van der Waals surface area contributed by atoms with Gasteiger partial charge in [0.2, 0.25) is 0 Å². The van der Waals surface area contributed by atoms with Gasteiger partial charge in [0.25, 0.3) is 0 Å². The van der Waals surface area contributed by atoms with Crippen LogP contribution in [0.2, 0.25) is 0 Å². The van der Waals surface area contributed by atoms with E-state index < -0.39 is 12.6 Å². The van der Waals surface area contributed by atoms with E-state index in [1.165, 1.54) is 0 Å². The van der Waals surface area contributed by atoms with Gasteiger partial charge >= 0.3 is 12.6 Å². The van der Waals surface area contributed by atoms with Gasteiger partial charge in [-0.05, 0) is 37.6 Å². The maximum Gasteiger partial charge on any atom is 0.387 e. The highest BCUT2D eigenvalue weighted by Crippen LogP contribution is 2.27. The summed E-state index contributed by atoms with van der Waals surface area (Å²) >= 11 is 0. The number of aliphatic carboxylic acids is 1. The minimum absolute atomic E-state index is 0.0240. The number of carboxylic acid groups (broad SMARTS) is 1. The number of halogens is 2. The van der Waals surface area contributed by atoms with Gasteiger partial charge in [-0.3, -0.25) is 14.6 Å². The van der Waals surface area contributed by atoms with Gasteiger partial charge in [0, 0.05) is 26.2 Å². The molecule has 1 aliphatic rings. The molecule has 26 heavy (non-hydrogen) atoms. The third-order valence-corrected chi connectivity index (χ3v) is 4.28. The molecule has 1 N–H and O–H groups in total. The molecule has 0 amide bonds. The molecule has 1 aromatic rings. The second-order valence-electron chi connectivity index (χ2n) is 6.76. The largest absolute Gasteiger partial charge is 0.480 e. The molecule has 0 radical (unpaired) electrons. The van der Waals surface area contributed by atoms with Crippen molar-refractivity contribution in [2.24, 2.45) is 0 Å². The maximum atomic E-state index is 12.5. The Hall–Kier alpha value is -1.77. The number of hydrogen-bond donors (Lipinski definition) is 1. The van der Waals surface area contributed by atoms with E-state index >= 15 is 0 Å². The summed E-state index contributed by atoms with van der Waals surface area (Å²) < 4.78 is 35.3. The summed E-state index contributed by atoms with van der Waals surface area (Å²) in [5.74, 6) is -0.629. The lowest BCUT2D eigenvalue weighted by Crippen LogP contribution is -2.47. The van der Waals surface area contributed by atoms with Gasteiger partial charge in [-0.2, -0.15) is 8.78 Å². The monoisotopic (exact) mass is 372 g/mol. The number of benzene rings is 1. The molecule has 146 valence electrons. The average molecular weight is 372 g/mol. The Bertz CT molecular complexity index is 604. The van der Waals surface area contributed by atoms with Crippen LogP contribution in [0.5, 0.6) is 5.75 Å². The molecule has 1 heterocycles. The van der Waals surface area contributed by atoms with Crippen molar-refractivity contribution in [3.8, 4) is 5.75 Å².